The van der Waals surface area contributed by atoms with Gasteiger partial charge in [0.1, 0.15) is 23.9 Å². The lowest BCUT2D eigenvalue weighted by atomic mass is 9.92. The molecule has 134 valence electrons. The molecule has 4 heteroatoms. The van der Waals surface area contributed by atoms with Gasteiger partial charge in [0, 0.05) is 19.1 Å². The van der Waals surface area contributed by atoms with Crippen LogP contribution < -0.4 is 15.2 Å². The van der Waals surface area contributed by atoms with E-state index in [2.05, 4.69) is 11.8 Å². The van der Waals surface area contributed by atoms with E-state index in [1.807, 2.05) is 54.6 Å². The van der Waals surface area contributed by atoms with Crippen molar-refractivity contribution in [2.45, 2.75) is 25.8 Å². The Labute approximate surface area is 150 Å². The smallest absolute Gasteiger partial charge is 0.127 e. The molecule has 2 atom stereocenters. The third kappa shape index (κ3) is 5.48. The highest BCUT2D eigenvalue weighted by atomic mass is 16.5. The summed E-state index contributed by atoms with van der Waals surface area (Å²) in [5.41, 5.74) is 6.05. The van der Waals surface area contributed by atoms with Crippen LogP contribution in [0.1, 0.15) is 19.8 Å². The summed E-state index contributed by atoms with van der Waals surface area (Å²) in [5, 5.41) is 0. The van der Waals surface area contributed by atoms with Crippen molar-refractivity contribution in [3.05, 3.63) is 54.6 Å². The highest BCUT2D eigenvalue weighted by molar-refractivity contribution is 5.35. The van der Waals surface area contributed by atoms with Gasteiger partial charge in [-0.1, -0.05) is 18.2 Å². The van der Waals surface area contributed by atoms with Gasteiger partial charge < -0.3 is 15.2 Å². The Bertz CT molecular complexity index is 628. The minimum absolute atomic E-state index is 0.279. The van der Waals surface area contributed by atoms with Crippen molar-refractivity contribution in [3.8, 4) is 17.2 Å². The number of para-hydroxylation sites is 1. The van der Waals surface area contributed by atoms with Crippen molar-refractivity contribution in [3.63, 3.8) is 0 Å². The van der Waals surface area contributed by atoms with Gasteiger partial charge in [0.2, 0.25) is 0 Å². The van der Waals surface area contributed by atoms with E-state index >= 15 is 0 Å². The fourth-order valence-corrected chi connectivity index (χ4v) is 3.24. The minimum atomic E-state index is 0.279. The molecule has 2 aromatic carbocycles. The first-order valence-corrected chi connectivity index (χ1v) is 9.14. The number of hydrogen-bond acceptors (Lipinski definition) is 4. The Morgan fingerprint density at radius 3 is 2.44 bits per heavy atom. The molecule has 1 aliphatic rings. The average molecular weight is 340 g/mol. The van der Waals surface area contributed by atoms with Crippen LogP contribution in [0.3, 0.4) is 0 Å². The van der Waals surface area contributed by atoms with Crippen LogP contribution in [0.15, 0.2) is 54.6 Å². The quantitative estimate of drug-likeness (QED) is 0.830. The van der Waals surface area contributed by atoms with Crippen molar-refractivity contribution < 1.29 is 9.47 Å². The summed E-state index contributed by atoms with van der Waals surface area (Å²) in [7, 11) is 0. The van der Waals surface area contributed by atoms with Crippen LogP contribution in [-0.4, -0.2) is 37.2 Å². The van der Waals surface area contributed by atoms with Gasteiger partial charge in [-0.25, -0.2) is 0 Å². The van der Waals surface area contributed by atoms with Crippen LogP contribution in [0.4, 0.5) is 0 Å². The predicted octanol–water partition coefficient (Wildman–Crippen LogP) is 3.92. The van der Waals surface area contributed by atoms with Crippen molar-refractivity contribution in [1.82, 2.24) is 4.90 Å². The number of piperidine rings is 1. The van der Waals surface area contributed by atoms with Crippen molar-refractivity contribution >= 4 is 0 Å². The number of likely N-dealkylation sites (tertiary alicyclic amines) is 1. The standard InChI is InChI=1S/C21H28N2O2/c1-17(22)18-6-5-13-23(16-18)14-15-24-19-9-11-21(12-10-19)25-20-7-3-2-4-8-20/h2-4,7-12,17-18H,5-6,13-16,22H2,1H3. The molecule has 0 saturated carbocycles. The van der Waals surface area contributed by atoms with Gasteiger partial charge >= 0.3 is 0 Å². The minimum Gasteiger partial charge on any atom is -0.492 e. The maximum atomic E-state index is 6.05. The van der Waals surface area contributed by atoms with Gasteiger partial charge in [0.15, 0.2) is 0 Å². The number of ether oxygens (including phenoxy) is 2. The van der Waals surface area contributed by atoms with Gasteiger partial charge in [0.05, 0.1) is 0 Å². The Morgan fingerprint density at radius 2 is 1.72 bits per heavy atom. The fraction of sp³-hybridized carbons (Fsp3) is 0.429. The molecule has 25 heavy (non-hydrogen) atoms. The summed E-state index contributed by atoms with van der Waals surface area (Å²) in [4.78, 5) is 2.46. The zero-order chi connectivity index (χ0) is 17.5. The first-order valence-electron chi connectivity index (χ1n) is 9.14. The maximum Gasteiger partial charge on any atom is 0.127 e. The second-order valence-electron chi connectivity index (χ2n) is 6.80. The van der Waals surface area contributed by atoms with E-state index in [-0.39, 0.29) is 6.04 Å². The second kappa shape index (κ2) is 8.88. The largest absolute Gasteiger partial charge is 0.492 e. The van der Waals surface area contributed by atoms with Crippen LogP contribution in [0, 0.1) is 5.92 Å². The van der Waals surface area contributed by atoms with E-state index in [1.165, 1.54) is 12.8 Å². The lowest BCUT2D eigenvalue weighted by Crippen LogP contribution is -2.43. The van der Waals surface area contributed by atoms with Crippen molar-refractivity contribution in [2.24, 2.45) is 11.7 Å². The number of benzene rings is 2. The molecule has 3 rings (SSSR count). The highest BCUT2D eigenvalue weighted by Crippen LogP contribution is 2.23. The van der Waals surface area contributed by atoms with Crippen molar-refractivity contribution in [2.75, 3.05) is 26.2 Å². The molecule has 1 fully saturated rings. The monoisotopic (exact) mass is 340 g/mol. The third-order valence-corrected chi connectivity index (χ3v) is 4.76. The molecule has 1 aliphatic heterocycles. The van der Waals surface area contributed by atoms with E-state index in [9.17, 15) is 0 Å². The van der Waals surface area contributed by atoms with Gasteiger partial charge in [-0.05, 0) is 68.6 Å². The molecular formula is C21H28N2O2. The lowest BCUT2D eigenvalue weighted by molar-refractivity contribution is 0.137. The second-order valence-corrected chi connectivity index (χ2v) is 6.80. The molecule has 0 radical (unpaired) electrons. The molecule has 2 aromatic rings. The van der Waals surface area contributed by atoms with E-state index in [4.69, 9.17) is 15.2 Å². The number of rotatable bonds is 7. The molecule has 2 N–H and O–H groups in total. The number of hydrogen-bond donors (Lipinski definition) is 1. The topological polar surface area (TPSA) is 47.7 Å². The molecule has 1 heterocycles. The molecular weight excluding hydrogens is 312 g/mol. The maximum absolute atomic E-state index is 6.05. The highest BCUT2D eigenvalue weighted by Gasteiger charge is 2.22. The summed E-state index contributed by atoms with van der Waals surface area (Å²) in [5.74, 6) is 3.14. The third-order valence-electron chi connectivity index (χ3n) is 4.76. The van der Waals surface area contributed by atoms with E-state index in [0.29, 0.717) is 12.5 Å². The lowest BCUT2D eigenvalue weighted by Gasteiger charge is -2.34. The summed E-state index contributed by atoms with van der Waals surface area (Å²) < 4.78 is 11.7. The summed E-state index contributed by atoms with van der Waals surface area (Å²) in [6.07, 6.45) is 2.48. The summed E-state index contributed by atoms with van der Waals surface area (Å²) in [6, 6.07) is 17.9. The first kappa shape index (κ1) is 17.8. The normalized spacial score (nSPS) is 19.4. The number of nitrogens with two attached hydrogens (primary N) is 1. The zero-order valence-electron chi connectivity index (χ0n) is 14.9. The SMILES string of the molecule is CC(N)C1CCCN(CCOc2ccc(Oc3ccccc3)cc2)C1. The fourth-order valence-electron chi connectivity index (χ4n) is 3.24. The Morgan fingerprint density at radius 1 is 1.04 bits per heavy atom. The average Bonchev–Trinajstić information content (AvgIpc) is 2.64. The Hall–Kier alpha value is -2.04. The molecule has 0 aromatic heterocycles. The van der Waals surface area contributed by atoms with E-state index in [0.717, 1.165) is 36.9 Å². The Kier molecular flexibility index (Phi) is 6.31. The first-order chi connectivity index (χ1) is 12.2. The Balaban J connectivity index is 1.43. The predicted molar refractivity (Wildman–Crippen MR) is 101 cm³/mol. The van der Waals surface area contributed by atoms with Crippen LogP contribution in [0.5, 0.6) is 17.2 Å². The summed E-state index contributed by atoms with van der Waals surface area (Å²) >= 11 is 0. The van der Waals surface area contributed by atoms with E-state index < -0.39 is 0 Å². The van der Waals surface area contributed by atoms with Gasteiger partial charge in [-0.15, -0.1) is 0 Å². The molecule has 0 bridgehead atoms. The van der Waals surface area contributed by atoms with Gasteiger partial charge in [-0.2, -0.15) is 0 Å². The zero-order valence-corrected chi connectivity index (χ0v) is 14.9. The van der Waals surface area contributed by atoms with Crippen molar-refractivity contribution in [1.29, 1.82) is 0 Å². The van der Waals surface area contributed by atoms with Crippen LogP contribution >= 0.6 is 0 Å². The molecule has 0 spiro atoms. The van der Waals surface area contributed by atoms with Crippen LogP contribution in [0.25, 0.3) is 0 Å². The number of nitrogens with zero attached hydrogens (tertiary/aromatic N) is 1. The molecule has 1 saturated heterocycles. The molecule has 4 nitrogen and oxygen atoms in total. The molecule has 2 unspecified atom stereocenters. The van der Waals surface area contributed by atoms with Gasteiger partial charge in [-0.3, -0.25) is 4.90 Å². The van der Waals surface area contributed by atoms with Crippen LogP contribution in [-0.2, 0) is 0 Å². The molecule has 0 aliphatic carbocycles. The van der Waals surface area contributed by atoms with Crippen LogP contribution in [0.2, 0.25) is 0 Å². The van der Waals surface area contributed by atoms with Gasteiger partial charge in [0.25, 0.3) is 0 Å². The summed E-state index contributed by atoms with van der Waals surface area (Å²) in [6.45, 7) is 6.00. The molecule has 0 amide bonds. The van der Waals surface area contributed by atoms with E-state index in [1.54, 1.807) is 0 Å².